The fourth-order valence-corrected chi connectivity index (χ4v) is 3.86. The quantitative estimate of drug-likeness (QED) is 0.363. The van der Waals surface area contributed by atoms with E-state index in [1.165, 1.54) is 10.8 Å². The van der Waals surface area contributed by atoms with Crippen molar-refractivity contribution >= 4 is 33.2 Å². The van der Waals surface area contributed by atoms with E-state index in [1.54, 1.807) is 19.4 Å². The highest BCUT2D eigenvalue weighted by Gasteiger charge is 2.16. The van der Waals surface area contributed by atoms with Gasteiger partial charge in [-0.05, 0) is 48.2 Å². The third-order valence-electron chi connectivity index (χ3n) is 5.75. The lowest BCUT2D eigenvalue weighted by molar-refractivity contribution is -0.117. The minimum Gasteiger partial charge on any atom is -0.496 e. The molecule has 1 N–H and O–H groups in total. The number of ether oxygens (including phenoxy) is 1. The zero-order chi connectivity index (χ0) is 22.0. The first-order valence-corrected chi connectivity index (χ1v) is 10.6. The summed E-state index contributed by atoms with van der Waals surface area (Å²) >= 11 is 0. The second-order valence-corrected chi connectivity index (χ2v) is 7.87. The fourth-order valence-electron chi connectivity index (χ4n) is 3.86. The van der Waals surface area contributed by atoms with Crippen LogP contribution >= 0.6 is 0 Å². The average Bonchev–Trinajstić information content (AvgIpc) is 3.20. The number of hydrogen-bond donors (Lipinski definition) is 1. The summed E-state index contributed by atoms with van der Waals surface area (Å²) in [5, 5.41) is 6.32. The number of furan rings is 1. The summed E-state index contributed by atoms with van der Waals surface area (Å²) in [6.45, 7) is 5.97. The van der Waals surface area contributed by atoms with Crippen molar-refractivity contribution in [1.29, 1.82) is 0 Å². The van der Waals surface area contributed by atoms with E-state index in [2.05, 4.69) is 41.7 Å². The SMILES string of the molecule is CCC(C)NC(=O)/C=C(\C)c1cc2c(-c3cccc4ccccc34)coc2cc1OC. The van der Waals surface area contributed by atoms with Crippen LogP contribution < -0.4 is 10.1 Å². The first-order chi connectivity index (χ1) is 15.0. The van der Waals surface area contributed by atoms with Crippen LogP contribution in [0.5, 0.6) is 5.75 Å². The molecule has 1 amide bonds. The van der Waals surface area contributed by atoms with E-state index >= 15 is 0 Å². The van der Waals surface area contributed by atoms with Crippen molar-refractivity contribution in [3.8, 4) is 16.9 Å². The number of nitrogens with one attached hydrogen (secondary N) is 1. The lowest BCUT2D eigenvalue weighted by atomic mass is 9.96. The number of carbonyl (C=O) groups excluding carboxylic acids is 1. The molecule has 0 aliphatic heterocycles. The lowest BCUT2D eigenvalue weighted by Gasteiger charge is -2.12. The van der Waals surface area contributed by atoms with Gasteiger partial charge in [-0.25, -0.2) is 0 Å². The summed E-state index contributed by atoms with van der Waals surface area (Å²) in [6, 6.07) is 18.7. The Morgan fingerprint density at radius 1 is 1.10 bits per heavy atom. The number of hydrogen-bond acceptors (Lipinski definition) is 3. The first-order valence-electron chi connectivity index (χ1n) is 10.6. The van der Waals surface area contributed by atoms with Gasteiger partial charge in [0.05, 0.1) is 13.4 Å². The maximum atomic E-state index is 12.4. The highest BCUT2D eigenvalue weighted by molar-refractivity contribution is 6.06. The van der Waals surface area contributed by atoms with Crippen LogP contribution in [0.25, 0.3) is 38.4 Å². The van der Waals surface area contributed by atoms with Crippen molar-refractivity contribution in [3.05, 3.63) is 72.5 Å². The van der Waals surface area contributed by atoms with Crippen LogP contribution in [0.3, 0.4) is 0 Å². The molecular weight excluding hydrogens is 386 g/mol. The van der Waals surface area contributed by atoms with Gasteiger partial charge in [-0.2, -0.15) is 0 Å². The van der Waals surface area contributed by atoms with Gasteiger partial charge in [0.15, 0.2) is 0 Å². The normalized spacial score (nSPS) is 12.8. The minimum atomic E-state index is -0.101. The van der Waals surface area contributed by atoms with E-state index in [0.29, 0.717) is 5.75 Å². The maximum absolute atomic E-state index is 12.4. The van der Waals surface area contributed by atoms with Crippen molar-refractivity contribution in [3.63, 3.8) is 0 Å². The van der Waals surface area contributed by atoms with Crippen molar-refractivity contribution < 1.29 is 13.9 Å². The van der Waals surface area contributed by atoms with Crippen LogP contribution in [0.15, 0.2) is 71.4 Å². The third-order valence-corrected chi connectivity index (χ3v) is 5.75. The highest BCUT2D eigenvalue weighted by Crippen LogP contribution is 2.39. The summed E-state index contributed by atoms with van der Waals surface area (Å²) in [5.41, 5.74) is 4.60. The zero-order valence-electron chi connectivity index (χ0n) is 18.4. The molecule has 1 unspecified atom stereocenters. The third kappa shape index (κ3) is 4.06. The number of amides is 1. The van der Waals surface area contributed by atoms with Crippen LogP contribution in [0.1, 0.15) is 32.8 Å². The summed E-state index contributed by atoms with van der Waals surface area (Å²) < 4.78 is 11.5. The Bertz CT molecular complexity index is 1280. The van der Waals surface area contributed by atoms with E-state index in [-0.39, 0.29) is 11.9 Å². The second-order valence-electron chi connectivity index (χ2n) is 7.87. The molecule has 0 aliphatic rings. The molecule has 0 aliphatic carbocycles. The van der Waals surface area contributed by atoms with Gasteiger partial charge in [0, 0.05) is 34.7 Å². The zero-order valence-corrected chi connectivity index (χ0v) is 18.4. The Labute approximate surface area is 182 Å². The Hall–Kier alpha value is -3.53. The van der Waals surface area contributed by atoms with Crippen LogP contribution in [0, 0.1) is 0 Å². The van der Waals surface area contributed by atoms with Gasteiger partial charge in [-0.3, -0.25) is 4.79 Å². The molecule has 0 saturated carbocycles. The molecule has 158 valence electrons. The summed E-state index contributed by atoms with van der Waals surface area (Å²) in [4.78, 5) is 12.4. The molecule has 1 aromatic heterocycles. The molecule has 0 bridgehead atoms. The fraction of sp³-hybridized carbons (Fsp3) is 0.222. The second kappa shape index (κ2) is 8.68. The summed E-state index contributed by atoms with van der Waals surface area (Å²) in [7, 11) is 1.63. The van der Waals surface area contributed by atoms with Gasteiger partial charge in [-0.1, -0.05) is 49.4 Å². The van der Waals surface area contributed by atoms with Gasteiger partial charge in [-0.15, -0.1) is 0 Å². The van der Waals surface area contributed by atoms with Crippen LogP contribution in [0.4, 0.5) is 0 Å². The highest BCUT2D eigenvalue weighted by atomic mass is 16.5. The van der Waals surface area contributed by atoms with Crippen molar-refractivity contribution in [2.75, 3.05) is 7.11 Å². The molecule has 4 aromatic rings. The molecule has 4 rings (SSSR count). The van der Waals surface area contributed by atoms with Crippen LogP contribution in [-0.4, -0.2) is 19.1 Å². The number of allylic oxidation sites excluding steroid dienone is 1. The first kappa shape index (κ1) is 20.7. The predicted molar refractivity (Wildman–Crippen MR) is 127 cm³/mol. The van der Waals surface area contributed by atoms with Crippen molar-refractivity contribution in [2.24, 2.45) is 0 Å². The number of rotatable bonds is 6. The van der Waals surface area contributed by atoms with Crippen molar-refractivity contribution in [2.45, 2.75) is 33.2 Å². The minimum absolute atomic E-state index is 0.101. The Morgan fingerprint density at radius 2 is 1.87 bits per heavy atom. The van der Waals surface area contributed by atoms with Crippen LogP contribution in [-0.2, 0) is 4.79 Å². The molecular formula is C27H27NO3. The molecule has 3 aromatic carbocycles. The molecule has 0 saturated heterocycles. The standard InChI is InChI=1S/C27H27NO3/c1-5-18(3)28-27(29)13-17(2)22-14-23-24(16-31-26(23)15-25(22)30-4)21-12-8-10-19-9-6-7-11-20(19)21/h6-16,18H,5H2,1-4H3,(H,28,29)/b17-13+. The van der Waals surface area contributed by atoms with Gasteiger partial charge in [0.25, 0.3) is 0 Å². The largest absolute Gasteiger partial charge is 0.496 e. The van der Waals surface area contributed by atoms with Gasteiger partial charge >= 0.3 is 0 Å². The van der Waals surface area contributed by atoms with E-state index < -0.39 is 0 Å². The smallest absolute Gasteiger partial charge is 0.244 e. The van der Waals surface area contributed by atoms with Gasteiger partial charge in [0.1, 0.15) is 11.3 Å². The molecule has 0 radical (unpaired) electrons. The Kier molecular flexibility index (Phi) is 5.81. The lowest BCUT2D eigenvalue weighted by Crippen LogP contribution is -2.30. The van der Waals surface area contributed by atoms with E-state index in [9.17, 15) is 4.79 Å². The van der Waals surface area contributed by atoms with Gasteiger partial charge < -0.3 is 14.5 Å². The Morgan fingerprint density at radius 3 is 2.65 bits per heavy atom. The monoisotopic (exact) mass is 413 g/mol. The molecule has 4 heteroatoms. The molecule has 0 fully saturated rings. The number of benzene rings is 3. The maximum Gasteiger partial charge on any atom is 0.244 e. The number of methoxy groups -OCH3 is 1. The topological polar surface area (TPSA) is 51.5 Å². The Balaban J connectivity index is 1.84. The van der Waals surface area contributed by atoms with Crippen LogP contribution in [0.2, 0.25) is 0 Å². The molecule has 31 heavy (non-hydrogen) atoms. The van der Waals surface area contributed by atoms with E-state index in [1.807, 2.05) is 39.0 Å². The molecule has 0 spiro atoms. The predicted octanol–water partition coefficient (Wildman–Crippen LogP) is 6.58. The van der Waals surface area contributed by atoms with E-state index in [0.717, 1.165) is 39.7 Å². The summed E-state index contributed by atoms with van der Waals surface area (Å²) in [6.07, 6.45) is 4.31. The van der Waals surface area contributed by atoms with E-state index in [4.69, 9.17) is 9.15 Å². The number of fused-ring (bicyclic) bond motifs is 2. The molecule has 1 heterocycles. The molecule has 1 atom stereocenters. The number of carbonyl (C=O) groups is 1. The molecule has 4 nitrogen and oxygen atoms in total. The average molecular weight is 414 g/mol. The van der Waals surface area contributed by atoms with Crippen molar-refractivity contribution in [1.82, 2.24) is 5.32 Å². The summed E-state index contributed by atoms with van der Waals surface area (Å²) in [5.74, 6) is 0.576. The van der Waals surface area contributed by atoms with Gasteiger partial charge in [0.2, 0.25) is 5.91 Å².